The third-order valence-corrected chi connectivity index (χ3v) is 7.04. The van der Waals surface area contributed by atoms with Crippen LogP contribution in [0.4, 0.5) is 0 Å². The smallest absolute Gasteiger partial charge is 0.349 e. The number of nitrogens with zero attached hydrogens (tertiary/aromatic N) is 1. The topological polar surface area (TPSA) is 120 Å². The number of hydrogen-bond donors (Lipinski definition) is 2. The number of halogens is 1. The number of carbonyl (C=O) groups excluding carboxylic acids is 3. The van der Waals surface area contributed by atoms with E-state index < -0.39 is 11.5 Å². The Morgan fingerprint density at radius 1 is 0.951 bits per heavy atom. The molecule has 208 valence electrons. The maximum Gasteiger partial charge on any atom is 0.349 e. The summed E-state index contributed by atoms with van der Waals surface area (Å²) in [5, 5.41) is 7.29. The highest BCUT2D eigenvalue weighted by atomic mass is 35.5. The number of benzene rings is 3. The van der Waals surface area contributed by atoms with Crippen molar-refractivity contribution in [2.75, 3.05) is 20.2 Å². The summed E-state index contributed by atoms with van der Waals surface area (Å²) in [5.74, 6) is -0.545. The molecular formula is C31H26ClN3O6. The molecule has 0 fully saturated rings. The number of hydrogen-bond acceptors (Lipinski definition) is 6. The molecular weight excluding hydrogens is 546 g/mol. The molecule has 0 radical (unpaired) electrons. The van der Waals surface area contributed by atoms with Crippen molar-refractivity contribution < 1.29 is 23.5 Å². The maximum atomic E-state index is 13.5. The standard InChI is InChI=1S/C31H26ClN3O6/c1-18-23(24-16-22(40-2)11-12-26(24)35(18)30(38)19-7-9-21(32)10-8-19)17-28(36)33-13-14-34-29(37)25-15-20-5-3-4-6-27(20)41-31(25)39/h3-12,15-16H,13-14,17H2,1-2H3,(H,33,36)(H,34,37). The van der Waals surface area contributed by atoms with E-state index in [0.29, 0.717) is 44.1 Å². The van der Waals surface area contributed by atoms with Gasteiger partial charge in [-0.05, 0) is 67.1 Å². The monoisotopic (exact) mass is 571 g/mol. The van der Waals surface area contributed by atoms with E-state index in [2.05, 4.69) is 10.6 Å². The Morgan fingerprint density at radius 3 is 2.44 bits per heavy atom. The summed E-state index contributed by atoms with van der Waals surface area (Å²) in [5.41, 5.74) is 1.95. The number of amides is 2. The van der Waals surface area contributed by atoms with Gasteiger partial charge in [0.25, 0.3) is 11.8 Å². The molecule has 0 aliphatic rings. The molecule has 41 heavy (non-hydrogen) atoms. The summed E-state index contributed by atoms with van der Waals surface area (Å²) in [6, 6.07) is 20.3. The van der Waals surface area contributed by atoms with Crippen LogP contribution in [0.25, 0.3) is 21.9 Å². The van der Waals surface area contributed by atoms with Crippen LogP contribution in [-0.4, -0.2) is 42.5 Å². The Kier molecular flexibility index (Phi) is 7.89. The third kappa shape index (κ3) is 5.71. The first kappa shape index (κ1) is 27.7. The minimum Gasteiger partial charge on any atom is -0.497 e. The number of para-hydroxylation sites is 1. The quantitative estimate of drug-likeness (QED) is 0.209. The van der Waals surface area contributed by atoms with Crippen molar-refractivity contribution in [3.8, 4) is 5.75 Å². The molecule has 0 bridgehead atoms. The van der Waals surface area contributed by atoms with Crippen LogP contribution in [0, 0.1) is 6.92 Å². The molecule has 0 saturated carbocycles. The van der Waals surface area contributed by atoms with Crippen LogP contribution in [0.3, 0.4) is 0 Å². The Labute approximate surface area is 239 Å². The molecule has 0 saturated heterocycles. The second kappa shape index (κ2) is 11.7. The number of rotatable bonds is 8. The molecule has 0 spiro atoms. The van der Waals surface area contributed by atoms with E-state index in [4.69, 9.17) is 20.8 Å². The fourth-order valence-corrected chi connectivity index (χ4v) is 4.84. The van der Waals surface area contributed by atoms with Crippen molar-refractivity contribution in [2.45, 2.75) is 13.3 Å². The zero-order valence-electron chi connectivity index (χ0n) is 22.3. The van der Waals surface area contributed by atoms with Crippen LogP contribution in [0.1, 0.15) is 32.0 Å². The van der Waals surface area contributed by atoms with Crippen molar-refractivity contribution in [1.29, 1.82) is 0 Å². The van der Waals surface area contributed by atoms with Crippen molar-refractivity contribution >= 4 is 51.2 Å². The Hall–Kier alpha value is -4.89. The first-order valence-electron chi connectivity index (χ1n) is 12.8. The average Bonchev–Trinajstić information content (AvgIpc) is 3.24. The highest BCUT2D eigenvalue weighted by Gasteiger charge is 2.22. The molecule has 3 aromatic carbocycles. The van der Waals surface area contributed by atoms with Gasteiger partial charge in [-0.2, -0.15) is 0 Å². The van der Waals surface area contributed by atoms with Crippen molar-refractivity contribution in [3.63, 3.8) is 0 Å². The molecule has 0 unspecified atom stereocenters. The number of fused-ring (bicyclic) bond motifs is 2. The fraction of sp³-hybridized carbons (Fsp3) is 0.161. The van der Waals surface area contributed by atoms with Gasteiger partial charge in [0.15, 0.2) is 0 Å². The minimum absolute atomic E-state index is 0.00138. The molecule has 10 heteroatoms. The highest BCUT2D eigenvalue weighted by molar-refractivity contribution is 6.30. The van der Waals surface area contributed by atoms with Gasteiger partial charge in [0.2, 0.25) is 5.91 Å². The normalized spacial score (nSPS) is 11.0. The van der Waals surface area contributed by atoms with Crippen LogP contribution in [0.5, 0.6) is 5.75 Å². The predicted octanol–water partition coefficient (Wildman–Crippen LogP) is 4.50. The first-order valence-corrected chi connectivity index (χ1v) is 13.2. The second-order valence-corrected chi connectivity index (χ2v) is 9.80. The molecule has 2 N–H and O–H groups in total. The number of methoxy groups -OCH3 is 1. The SMILES string of the molecule is COc1ccc2c(c1)c(CC(=O)NCCNC(=O)c1cc3ccccc3oc1=O)c(C)n2C(=O)c1ccc(Cl)cc1. The Balaban J connectivity index is 1.29. The summed E-state index contributed by atoms with van der Waals surface area (Å²) in [6.45, 7) is 2.02. The van der Waals surface area contributed by atoms with Gasteiger partial charge < -0.3 is 19.8 Å². The van der Waals surface area contributed by atoms with Gasteiger partial charge in [0.1, 0.15) is 16.9 Å². The van der Waals surface area contributed by atoms with E-state index in [-0.39, 0.29) is 36.9 Å². The number of aromatic nitrogens is 1. The van der Waals surface area contributed by atoms with Gasteiger partial charge in [-0.1, -0.05) is 29.8 Å². The molecule has 0 aliphatic carbocycles. The zero-order valence-corrected chi connectivity index (χ0v) is 23.1. The van der Waals surface area contributed by atoms with E-state index in [9.17, 15) is 19.2 Å². The molecule has 0 aliphatic heterocycles. The van der Waals surface area contributed by atoms with Crippen LogP contribution in [-0.2, 0) is 11.2 Å². The van der Waals surface area contributed by atoms with Gasteiger partial charge in [-0.25, -0.2) is 4.79 Å². The summed E-state index contributed by atoms with van der Waals surface area (Å²) in [7, 11) is 1.55. The van der Waals surface area contributed by atoms with Gasteiger partial charge >= 0.3 is 5.63 Å². The lowest BCUT2D eigenvalue weighted by molar-refractivity contribution is -0.120. The summed E-state index contributed by atoms with van der Waals surface area (Å²) < 4.78 is 12.2. The molecule has 2 heterocycles. The van der Waals surface area contributed by atoms with E-state index in [1.165, 1.54) is 6.07 Å². The zero-order chi connectivity index (χ0) is 29.1. The van der Waals surface area contributed by atoms with E-state index in [1.54, 1.807) is 85.3 Å². The second-order valence-electron chi connectivity index (χ2n) is 9.36. The number of ether oxygens (including phenoxy) is 1. The van der Waals surface area contributed by atoms with E-state index in [1.807, 2.05) is 0 Å². The van der Waals surface area contributed by atoms with Crippen LogP contribution in [0.2, 0.25) is 5.02 Å². The summed E-state index contributed by atoms with van der Waals surface area (Å²) in [6.07, 6.45) is -0.00138. The summed E-state index contributed by atoms with van der Waals surface area (Å²) in [4.78, 5) is 51.2. The van der Waals surface area contributed by atoms with Crippen LogP contribution >= 0.6 is 11.6 Å². The third-order valence-electron chi connectivity index (χ3n) is 6.79. The van der Waals surface area contributed by atoms with Gasteiger partial charge in [0, 0.05) is 40.1 Å². The first-order chi connectivity index (χ1) is 19.8. The molecule has 5 aromatic rings. The lowest BCUT2D eigenvalue weighted by Crippen LogP contribution is -2.36. The van der Waals surface area contributed by atoms with Gasteiger partial charge in [-0.3, -0.25) is 19.0 Å². The number of carbonyl (C=O) groups is 3. The molecule has 5 rings (SSSR count). The molecule has 9 nitrogen and oxygen atoms in total. The van der Waals surface area contributed by atoms with Crippen molar-refractivity contribution in [2.24, 2.45) is 0 Å². The lowest BCUT2D eigenvalue weighted by atomic mass is 10.1. The maximum absolute atomic E-state index is 13.5. The molecule has 2 amide bonds. The van der Waals surface area contributed by atoms with Gasteiger partial charge in [-0.15, -0.1) is 0 Å². The largest absolute Gasteiger partial charge is 0.497 e. The fourth-order valence-electron chi connectivity index (χ4n) is 4.71. The highest BCUT2D eigenvalue weighted by Crippen LogP contribution is 2.31. The average molecular weight is 572 g/mol. The predicted molar refractivity (Wildman–Crippen MR) is 156 cm³/mol. The lowest BCUT2D eigenvalue weighted by Gasteiger charge is -2.09. The van der Waals surface area contributed by atoms with Crippen LogP contribution in [0.15, 0.2) is 82.0 Å². The Bertz CT molecular complexity index is 1860. The molecule has 0 atom stereocenters. The van der Waals surface area contributed by atoms with Crippen LogP contribution < -0.4 is 21.0 Å². The molecule has 2 aromatic heterocycles. The van der Waals surface area contributed by atoms with Gasteiger partial charge in [0.05, 0.1) is 19.0 Å². The minimum atomic E-state index is -0.735. The Morgan fingerprint density at radius 2 is 1.68 bits per heavy atom. The number of nitrogens with one attached hydrogen (secondary N) is 2. The van der Waals surface area contributed by atoms with E-state index in [0.717, 1.165) is 5.39 Å². The van der Waals surface area contributed by atoms with Crippen molar-refractivity contribution in [3.05, 3.63) is 111 Å². The van der Waals surface area contributed by atoms with E-state index >= 15 is 0 Å². The summed E-state index contributed by atoms with van der Waals surface area (Å²) >= 11 is 5.99. The van der Waals surface area contributed by atoms with Crippen molar-refractivity contribution in [1.82, 2.24) is 15.2 Å².